The third-order valence-corrected chi connectivity index (χ3v) is 4.55. The van der Waals surface area contributed by atoms with E-state index in [9.17, 15) is 9.59 Å². The van der Waals surface area contributed by atoms with Gasteiger partial charge in [-0.2, -0.15) is 0 Å². The molecule has 6 heteroatoms. The highest BCUT2D eigenvalue weighted by molar-refractivity contribution is 7.13. The van der Waals surface area contributed by atoms with Crippen LogP contribution in [0.1, 0.15) is 42.1 Å². The van der Waals surface area contributed by atoms with E-state index in [2.05, 4.69) is 4.98 Å². The Balaban J connectivity index is 2.06. The Bertz CT molecular complexity index is 713. The zero-order valence-corrected chi connectivity index (χ0v) is 13.6. The second-order valence-corrected chi connectivity index (χ2v) is 6.19. The van der Waals surface area contributed by atoms with Crippen molar-refractivity contribution < 1.29 is 14.3 Å². The minimum absolute atomic E-state index is 0.191. The van der Waals surface area contributed by atoms with Crippen LogP contribution in [0.4, 0.5) is 0 Å². The number of aryl methyl sites for hydroxylation is 3. The summed E-state index contributed by atoms with van der Waals surface area (Å²) in [5.41, 5.74) is 3.11. The van der Waals surface area contributed by atoms with Gasteiger partial charge in [0.15, 0.2) is 6.61 Å². The molecule has 112 valence electrons. The van der Waals surface area contributed by atoms with Crippen LogP contribution in [0.15, 0.2) is 6.07 Å². The number of hydrogen-bond acceptors (Lipinski definition) is 5. The third-order valence-electron chi connectivity index (χ3n) is 3.50. The highest BCUT2D eigenvalue weighted by atomic mass is 32.1. The van der Waals surface area contributed by atoms with Gasteiger partial charge in [0.1, 0.15) is 4.88 Å². The minimum Gasteiger partial charge on any atom is -0.453 e. The Morgan fingerprint density at radius 1 is 1.29 bits per heavy atom. The summed E-state index contributed by atoms with van der Waals surface area (Å²) in [5.74, 6) is -0.680. The van der Waals surface area contributed by atoms with Gasteiger partial charge in [0, 0.05) is 24.0 Å². The van der Waals surface area contributed by atoms with Crippen LogP contribution < -0.4 is 0 Å². The van der Waals surface area contributed by atoms with E-state index >= 15 is 0 Å². The maximum atomic E-state index is 12.2. The monoisotopic (exact) mass is 306 g/mol. The van der Waals surface area contributed by atoms with Gasteiger partial charge < -0.3 is 9.30 Å². The normalized spacial score (nSPS) is 10.7. The van der Waals surface area contributed by atoms with Crippen LogP contribution >= 0.6 is 11.3 Å². The van der Waals surface area contributed by atoms with Crippen LogP contribution in [-0.2, 0) is 11.8 Å². The van der Waals surface area contributed by atoms with Crippen LogP contribution in [0, 0.1) is 27.7 Å². The largest absolute Gasteiger partial charge is 0.453 e. The van der Waals surface area contributed by atoms with E-state index in [1.54, 1.807) is 6.92 Å². The number of rotatable bonds is 4. The van der Waals surface area contributed by atoms with Gasteiger partial charge >= 0.3 is 5.97 Å². The van der Waals surface area contributed by atoms with Crippen LogP contribution in [0.5, 0.6) is 0 Å². The average molecular weight is 306 g/mol. The molecule has 5 nitrogen and oxygen atoms in total. The third kappa shape index (κ3) is 3.05. The Hall–Kier alpha value is -1.95. The summed E-state index contributed by atoms with van der Waals surface area (Å²) in [4.78, 5) is 28.8. The first kappa shape index (κ1) is 15.4. The van der Waals surface area contributed by atoms with E-state index in [1.165, 1.54) is 11.3 Å². The summed E-state index contributed by atoms with van der Waals surface area (Å²) in [7, 11) is 1.90. The first-order valence-electron chi connectivity index (χ1n) is 6.58. The number of Topliss-reactive ketones (excluding diaryl/α,β-unsaturated/α-hetero) is 1. The van der Waals surface area contributed by atoms with E-state index in [0.29, 0.717) is 16.1 Å². The summed E-state index contributed by atoms with van der Waals surface area (Å²) < 4.78 is 7.05. The second kappa shape index (κ2) is 5.81. The molecule has 0 radical (unpaired) electrons. The van der Waals surface area contributed by atoms with Crippen molar-refractivity contribution in [3.05, 3.63) is 38.6 Å². The van der Waals surface area contributed by atoms with Gasteiger partial charge in [0.05, 0.1) is 10.7 Å². The Morgan fingerprint density at radius 2 is 1.95 bits per heavy atom. The van der Waals surface area contributed by atoms with Gasteiger partial charge in [-0.1, -0.05) is 0 Å². The van der Waals surface area contributed by atoms with E-state index in [0.717, 1.165) is 16.4 Å². The van der Waals surface area contributed by atoms with Gasteiger partial charge in [-0.15, -0.1) is 11.3 Å². The Kier molecular flexibility index (Phi) is 4.27. The Morgan fingerprint density at radius 3 is 2.43 bits per heavy atom. The van der Waals surface area contributed by atoms with Crippen LogP contribution in [0.25, 0.3) is 0 Å². The number of aromatic nitrogens is 2. The van der Waals surface area contributed by atoms with Crippen molar-refractivity contribution in [2.45, 2.75) is 27.7 Å². The van der Waals surface area contributed by atoms with Gasteiger partial charge in [0.2, 0.25) is 5.78 Å². The highest BCUT2D eigenvalue weighted by Crippen LogP contribution is 2.19. The fourth-order valence-electron chi connectivity index (χ4n) is 2.13. The summed E-state index contributed by atoms with van der Waals surface area (Å²) in [6, 6.07) is 1.81. The zero-order chi connectivity index (χ0) is 15.7. The Labute approximate surface area is 127 Å². The summed E-state index contributed by atoms with van der Waals surface area (Å²) in [6.07, 6.45) is 0. The number of nitrogens with zero attached hydrogens (tertiary/aromatic N) is 2. The number of thiazole rings is 1. The molecular formula is C15H18N2O3S. The second-order valence-electron chi connectivity index (χ2n) is 4.99. The summed E-state index contributed by atoms with van der Waals surface area (Å²) in [5, 5.41) is 0.806. The lowest BCUT2D eigenvalue weighted by molar-refractivity contribution is 0.0478. The van der Waals surface area contributed by atoms with Crippen molar-refractivity contribution in [1.82, 2.24) is 9.55 Å². The van der Waals surface area contributed by atoms with Gasteiger partial charge in [-0.3, -0.25) is 4.79 Å². The predicted octanol–water partition coefficient (Wildman–Crippen LogP) is 2.75. The van der Waals surface area contributed by atoms with Gasteiger partial charge in [0.25, 0.3) is 0 Å². The molecule has 2 aromatic rings. The van der Waals surface area contributed by atoms with Crippen LogP contribution in [-0.4, -0.2) is 27.9 Å². The van der Waals surface area contributed by atoms with Crippen molar-refractivity contribution in [3.8, 4) is 0 Å². The molecule has 0 N–H and O–H groups in total. The molecule has 2 rings (SSSR count). The molecule has 0 unspecified atom stereocenters. The van der Waals surface area contributed by atoms with Crippen LogP contribution in [0.2, 0.25) is 0 Å². The van der Waals surface area contributed by atoms with Crippen LogP contribution in [0.3, 0.4) is 0 Å². The first-order chi connectivity index (χ1) is 9.81. The number of ether oxygens (including phenoxy) is 1. The number of carbonyl (C=O) groups excluding carboxylic acids is 2. The molecule has 0 atom stereocenters. The standard InChI is InChI=1S/C15H18N2O3S/c1-8-6-12(10(3)17(8)5)13(18)7-20-15(19)14-9(2)16-11(4)21-14/h6H,7H2,1-5H3. The average Bonchev–Trinajstić information content (AvgIpc) is 2.90. The quantitative estimate of drug-likeness (QED) is 0.643. The molecule has 0 aliphatic carbocycles. The summed E-state index contributed by atoms with van der Waals surface area (Å²) in [6.45, 7) is 7.14. The van der Waals surface area contributed by atoms with Gasteiger partial charge in [-0.25, -0.2) is 9.78 Å². The lowest BCUT2D eigenvalue weighted by Gasteiger charge is -2.04. The van der Waals surface area contributed by atoms with E-state index in [4.69, 9.17) is 4.74 Å². The first-order valence-corrected chi connectivity index (χ1v) is 7.40. The van der Waals surface area contributed by atoms with Crippen molar-refractivity contribution in [1.29, 1.82) is 0 Å². The molecule has 0 amide bonds. The SMILES string of the molecule is Cc1nc(C)c(C(=O)OCC(=O)c2cc(C)n(C)c2C)s1. The van der Waals surface area contributed by atoms with Crippen molar-refractivity contribution >= 4 is 23.1 Å². The fraction of sp³-hybridized carbons (Fsp3) is 0.400. The molecule has 0 aliphatic rings. The van der Waals surface area contributed by atoms with Crippen molar-refractivity contribution in [3.63, 3.8) is 0 Å². The molecule has 0 aromatic carbocycles. The fourth-order valence-corrected chi connectivity index (χ4v) is 2.95. The summed E-state index contributed by atoms with van der Waals surface area (Å²) >= 11 is 1.28. The molecule has 0 spiro atoms. The van der Waals surface area contributed by atoms with E-state index < -0.39 is 5.97 Å². The lowest BCUT2D eigenvalue weighted by atomic mass is 10.1. The molecule has 0 saturated carbocycles. The molecule has 0 fully saturated rings. The number of ketones is 1. The maximum Gasteiger partial charge on any atom is 0.350 e. The molecular weight excluding hydrogens is 288 g/mol. The number of carbonyl (C=O) groups is 2. The van der Waals surface area contributed by atoms with Crippen molar-refractivity contribution in [2.24, 2.45) is 7.05 Å². The molecule has 0 aliphatic heterocycles. The highest BCUT2D eigenvalue weighted by Gasteiger charge is 2.19. The minimum atomic E-state index is -0.489. The zero-order valence-electron chi connectivity index (χ0n) is 12.8. The maximum absolute atomic E-state index is 12.2. The lowest BCUT2D eigenvalue weighted by Crippen LogP contribution is -2.14. The predicted molar refractivity (Wildman–Crippen MR) is 81.1 cm³/mol. The number of esters is 1. The molecule has 2 heterocycles. The number of hydrogen-bond donors (Lipinski definition) is 0. The topological polar surface area (TPSA) is 61.2 Å². The van der Waals surface area contributed by atoms with Crippen molar-refractivity contribution in [2.75, 3.05) is 6.61 Å². The smallest absolute Gasteiger partial charge is 0.350 e. The van der Waals surface area contributed by atoms with E-state index in [-0.39, 0.29) is 12.4 Å². The van der Waals surface area contributed by atoms with Gasteiger partial charge in [-0.05, 0) is 33.8 Å². The molecule has 2 aromatic heterocycles. The molecule has 21 heavy (non-hydrogen) atoms. The van der Waals surface area contributed by atoms with E-state index in [1.807, 2.05) is 38.5 Å². The molecule has 0 bridgehead atoms. The molecule has 0 saturated heterocycles.